The minimum atomic E-state index is -0.657. The van der Waals surface area contributed by atoms with Gasteiger partial charge in [-0.2, -0.15) is 0 Å². The molecule has 24 heavy (non-hydrogen) atoms. The smallest absolute Gasteiger partial charge is 0.335 e. The van der Waals surface area contributed by atoms with Crippen LogP contribution in [0.4, 0.5) is 0 Å². The lowest BCUT2D eigenvalue weighted by atomic mass is 10.1. The van der Waals surface area contributed by atoms with Crippen molar-refractivity contribution < 1.29 is 29.3 Å². The highest BCUT2D eigenvalue weighted by atomic mass is 32.3. The van der Waals surface area contributed by atoms with Gasteiger partial charge in [0, 0.05) is 5.92 Å². The summed E-state index contributed by atoms with van der Waals surface area (Å²) in [6.07, 6.45) is 8.33. The summed E-state index contributed by atoms with van der Waals surface area (Å²) < 4.78 is 10.2. The van der Waals surface area contributed by atoms with Crippen LogP contribution in [0.2, 0.25) is 0 Å². The van der Waals surface area contributed by atoms with E-state index in [-0.39, 0.29) is 30.3 Å². The van der Waals surface area contributed by atoms with Gasteiger partial charge in [0.15, 0.2) is 0 Å². The third kappa shape index (κ3) is 10.5. The first-order chi connectivity index (χ1) is 11.1. The summed E-state index contributed by atoms with van der Waals surface area (Å²) in [5.41, 5.74) is -0.0305. The van der Waals surface area contributed by atoms with Crippen LogP contribution in [0.3, 0.4) is 0 Å². The zero-order chi connectivity index (χ0) is 18.8. The van der Waals surface area contributed by atoms with E-state index in [9.17, 15) is 9.59 Å². The molecule has 0 rings (SSSR count). The van der Waals surface area contributed by atoms with Crippen LogP contribution < -0.4 is 0 Å². The third-order valence-corrected chi connectivity index (χ3v) is 4.74. The molecule has 0 fully saturated rings. The topological polar surface area (TPSA) is 93.1 Å². The van der Waals surface area contributed by atoms with Crippen molar-refractivity contribution >= 4 is 22.0 Å². The number of rotatable bonds is 12. The molecule has 140 valence electrons. The van der Waals surface area contributed by atoms with Crippen LogP contribution in [0.1, 0.15) is 12.8 Å². The number of aliphatic hydroxyl groups is 2. The van der Waals surface area contributed by atoms with E-state index in [2.05, 4.69) is 31.9 Å². The van der Waals surface area contributed by atoms with E-state index >= 15 is 0 Å². The molecule has 7 heteroatoms. The first kappa shape index (κ1) is 22.7. The van der Waals surface area contributed by atoms with Gasteiger partial charge in [-0.3, -0.25) is 0 Å². The highest BCUT2D eigenvalue weighted by molar-refractivity contribution is 8.32. The van der Waals surface area contributed by atoms with Crippen molar-refractivity contribution in [3.8, 4) is 0 Å². The Morgan fingerprint density at radius 2 is 1.38 bits per heavy atom. The zero-order valence-corrected chi connectivity index (χ0v) is 15.7. The lowest BCUT2D eigenvalue weighted by molar-refractivity contribution is -0.144. The highest BCUT2D eigenvalue weighted by Gasteiger charge is 2.18. The second-order valence-corrected chi connectivity index (χ2v) is 11.1. The Morgan fingerprint density at radius 1 is 0.958 bits per heavy atom. The van der Waals surface area contributed by atoms with Crippen LogP contribution in [0.5, 0.6) is 0 Å². The van der Waals surface area contributed by atoms with E-state index < -0.39 is 35.2 Å². The lowest BCUT2D eigenvalue weighted by Crippen LogP contribution is -2.23. The Bertz CT molecular complexity index is 420. The van der Waals surface area contributed by atoms with Crippen LogP contribution in [0, 0.1) is 5.92 Å². The van der Waals surface area contributed by atoms with Crippen LogP contribution >= 0.6 is 10.0 Å². The van der Waals surface area contributed by atoms with Gasteiger partial charge in [-0.25, -0.2) is 19.6 Å². The predicted octanol–water partition coefficient (Wildman–Crippen LogP) is 1.26. The van der Waals surface area contributed by atoms with Gasteiger partial charge in [-0.15, -0.1) is 0 Å². The zero-order valence-electron chi connectivity index (χ0n) is 14.9. The largest absolute Gasteiger partial charge is 0.462 e. The number of aliphatic hydroxyl groups excluding tert-OH is 2. The maximum absolute atomic E-state index is 11.6. The van der Waals surface area contributed by atoms with Gasteiger partial charge in [0.1, 0.15) is 0 Å². The summed E-state index contributed by atoms with van der Waals surface area (Å²) in [5, 5.41) is 17.7. The molecule has 0 aliphatic rings. The van der Waals surface area contributed by atoms with Crippen molar-refractivity contribution in [2.45, 2.75) is 12.8 Å². The van der Waals surface area contributed by atoms with Crippen molar-refractivity contribution in [3.63, 3.8) is 0 Å². The number of carbonyl (C=O) groups excluding carboxylic acids is 2. The Hall–Kier alpha value is -1.31. The Balaban J connectivity index is 4.53. The van der Waals surface area contributed by atoms with E-state index in [1.54, 1.807) is 0 Å². The summed E-state index contributed by atoms with van der Waals surface area (Å²) in [6, 6.07) is 0. The summed E-state index contributed by atoms with van der Waals surface area (Å²) in [4.78, 5) is 23.1. The molecule has 0 radical (unpaired) electrons. The lowest BCUT2D eigenvalue weighted by Gasteiger charge is -2.26. The minimum absolute atomic E-state index is 0.0152. The number of carbonyl (C=O) groups is 2. The van der Waals surface area contributed by atoms with Crippen molar-refractivity contribution in [3.05, 3.63) is 24.3 Å². The van der Waals surface area contributed by atoms with E-state index in [1.165, 1.54) is 0 Å². The monoisotopic (exact) mass is 362 g/mol. The van der Waals surface area contributed by atoms with Crippen LogP contribution in [0.15, 0.2) is 24.3 Å². The molecule has 0 aromatic heterocycles. The third-order valence-electron chi connectivity index (χ3n) is 3.23. The fourth-order valence-corrected chi connectivity index (χ4v) is 2.77. The quantitative estimate of drug-likeness (QED) is 0.401. The van der Waals surface area contributed by atoms with Gasteiger partial charge in [0.2, 0.25) is 0 Å². The molecule has 0 heterocycles. The highest BCUT2D eigenvalue weighted by Crippen LogP contribution is 2.35. The molecule has 0 spiro atoms. The molecular weight excluding hydrogens is 332 g/mol. The second-order valence-electron chi connectivity index (χ2n) is 6.52. The molecule has 0 bridgehead atoms. The average Bonchev–Trinajstić information content (AvgIpc) is 2.53. The predicted molar refractivity (Wildman–Crippen MR) is 97.3 cm³/mol. The van der Waals surface area contributed by atoms with Crippen molar-refractivity contribution in [2.24, 2.45) is 5.92 Å². The number of ether oxygens (including phenoxy) is 2. The summed E-state index contributed by atoms with van der Waals surface area (Å²) in [5.74, 6) is -0.402. The van der Waals surface area contributed by atoms with E-state index in [4.69, 9.17) is 19.7 Å². The van der Waals surface area contributed by atoms with Gasteiger partial charge in [-0.1, -0.05) is 13.2 Å². The molecule has 0 aromatic carbocycles. The second kappa shape index (κ2) is 11.3. The Morgan fingerprint density at radius 3 is 1.71 bits per heavy atom. The number of esters is 2. The Labute approximate surface area is 145 Å². The van der Waals surface area contributed by atoms with Gasteiger partial charge in [-0.05, 0) is 37.4 Å². The van der Waals surface area contributed by atoms with Gasteiger partial charge < -0.3 is 19.7 Å². The molecule has 0 aromatic rings. The molecule has 0 aliphatic heterocycles. The molecule has 0 aliphatic carbocycles. The summed E-state index contributed by atoms with van der Waals surface area (Å²) in [6.45, 7) is 6.06. The molecule has 2 N–H and O–H groups in total. The molecule has 0 unspecified atom stereocenters. The van der Waals surface area contributed by atoms with Crippen molar-refractivity contribution in [1.29, 1.82) is 0 Å². The molecular formula is C17H30O6S. The van der Waals surface area contributed by atoms with E-state index in [1.807, 2.05) is 0 Å². The van der Waals surface area contributed by atoms with Crippen LogP contribution in [-0.4, -0.2) is 73.1 Å². The van der Waals surface area contributed by atoms with Gasteiger partial charge in [0.25, 0.3) is 0 Å². The summed E-state index contributed by atoms with van der Waals surface area (Å²) >= 11 is 0. The SMILES string of the molecule is C=C(CO)C(=O)OCC(CCCS(C)(C)C)COC(=O)C(=C)CO. The average molecular weight is 362 g/mol. The van der Waals surface area contributed by atoms with Crippen molar-refractivity contribution in [1.82, 2.24) is 0 Å². The molecule has 0 saturated carbocycles. The maximum atomic E-state index is 11.6. The van der Waals surface area contributed by atoms with E-state index in [0.717, 1.165) is 18.6 Å². The standard InChI is InChI=1S/C17H30O6S/c1-13(9-18)16(20)22-11-15(7-6-8-24(3,4)5)12-23-17(21)14(2)10-19/h15,18-19H,1-2,6-12H2,3-5H3. The fraction of sp³-hybridized carbons (Fsp3) is 0.647. The molecule has 0 atom stereocenters. The Kier molecular flexibility index (Phi) is 10.7. The normalized spacial score (nSPS) is 11.9. The number of hydrogen-bond donors (Lipinski definition) is 2. The number of hydrogen-bond acceptors (Lipinski definition) is 6. The van der Waals surface area contributed by atoms with Crippen molar-refractivity contribution in [2.75, 3.05) is 50.9 Å². The molecule has 6 nitrogen and oxygen atoms in total. The van der Waals surface area contributed by atoms with Crippen LogP contribution in [-0.2, 0) is 19.1 Å². The van der Waals surface area contributed by atoms with E-state index in [0.29, 0.717) is 0 Å². The maximum Gasteiger partial charge on any atom is 0.335 e. The van der Waals surface area contributed by atoms with Crippen LogP contribution in [0.25, 0.3) is 0 Å². The molecule has 0 amide bonds. The van der Waals surface area contributed by atoms with Gasteiger partial charge in [0.05, 0.1) is 37.6 Å². The summed E-state index contributed by atoms with van der Waals surface area (Å²) in [7, 11) is -0.627. The first-order valence-corrected chi connectivity index (χ1v) is 10.7. The minimum Gasteiger partial charge on any atom is -0.462 e. The van der Waals surface area contributed by atoms with Gasteiger partial charge >= 0.3 is 11.9 Å². The fourth-order valence-electron chi connectivity index (χ4n) is 1.74. The first-order valence-electron chi connectivity index (χ1n) is 7.68. The molecule has 0 saturated heterocycles.